The number of nitrogens with one attached hydrogen (secondary N) is 1. The molecule has 0 saturated heterocycles. The third-order valence-electron chi connectivity index (χ3n) is 3.99. The lowest BCUT2D eigenvalue weighted by atomic mass is 10.0. The van der Waals surface area contributed by atoms with E-state index in [-0.39, 0.29) is 0 Å². The quantitative estimate of drug-likeness (QED) is 0.707. The second-order valence-electron chi connectivity index (χ2n) is 6.15. The van der Waals surface area contributed by atoms with E-state index in [2.05, 4.69) is 53.8 Å². The largest absolute Gasteiger partial charge is 0.369 e. The SMILES string of the molecule is CCCNc1nc(CCN(C)C)nc(C2CCCC2)c1I. The van der Waals surface area contributed by atoms with E-state index in [9.17, 15) is 0 Å². The van der Waals surface area contributed by atoms with Crippen molar-refractivity contribution in [3.63, 3.8) is 0 Å². The first-order valence-electron chi connectivity index (χ1n) is 8.06. The number of likely N-dealkylation sites (N-methyl/N-ethyl adjacent to an activating group) is 1. The number of aromatic nitrogens is 2. The summed E-state index contributed by atoms with van der Waals surface area (Å²) < 4.78 is 1.24. The van der Waals surface area contributed by atoms with Gasteiger partial charge in [0, 0.05) is 25.4 Å². The van der Waals surface area contributed by atoms with Crippen molar-refractivity contribution in [2.24, 2.45) is 0 Å². The van der Waals surface area contributed by atoms with Crippen LogP contribution in [0.25, 0.3) is 0 Å². The van der Waals surface area contributed by atoms with Crippen LogP contribution in [0.15, 0.2) is 0 Å². The monoisotopic (exact) mass is 402 g/mol. The van der Waals surface area contributed by atoms with Crippen molar-refractivity contribution in [1.29, 1.82) is 0 Å². The molecule has 1 heterocycles. The van der Waals surface area contributed by atoms with Crippen LogP contribution in [-0.2, 0) is 6.42 Å². The van der Waals surface area contributed by atoms with Crippen molar-refractivity contribution < 1.29 is 0 Å². The first-order chi connectivity index (χ1) is 10.1. The van der Waals surface area contributed by atoms with Crippen molar-refractivity contribution in [2.45, 2.75) is 51.4 Å². The molecule has 0 atom stereocenters. The van der Waals surface area contributed by atoms with Gasteiger partial charge in [0.25, 0.3) is 0 Å². The van der Waals surface area contributed by atoms with E-state index in [0.29, 0.717) is 5.92 Å². The van der Waals surface area contributed by atoms with Crippen LogP contribution in [0.2, 0.25) is 0 Å². The molecule has 1 aromatic heterocycles. The number of nitrogens with zero attached hydrogens (tertiary/aromatic N) is 3. The summed E-state index contributed by atoms with van der Waals surface area (Å²) in [6.07, 6.45) is 7.29. The van der Waals surface area contributed by atoms with Gasteiger partial charge in [-0.05, 0) is 55.9 Å². The van der Waals surface area contributed by atoms with Crippen LogP contribution < -0.4 is 5.32 Å². The molecule has 0 aromatic carbocycles. The molecule has 118 valence electrons. The second-order valence-corrected chi connectivity index (χ2v) is 7.23. The molecule has 5 heteroatoms. The molecule has 0 spiro atoms. The number of rotatable bonds is 7. The Balaban J connectivity index is 2.25. The normalized spacial score (nSPS) is 15.9. The van der Waals surface area contributed by atoms with Gasteiger partial charge in [-0.15, -0.1) is 0 Å². The Hall–Kier alpha value is -0.430. The van der Waals surface area contributed by atoms with E-state index in [1.165, 1.54) is 34.9 Å². The van der Waals surface area contributed by atoms with Crippen LogP contribution >= 0.6 is 22.6 Å². The minimum Gasteiger partial charge on any atom is -0.369 e. The maximum atomic E-state index is 4.91. The molecule has 1 aliphatic rings. The van der Waals surface area contributed by atoms with E-state index < -0.39 is 0 Å². The Morgan fingerprint density at radius 1 is 1.24 bits per heavy atom. The average molecular weight is 402 g/mol. The fourth-order valence-electron chi connectivity index (χ4n) is 2.78. The predicted molar refractivity (Wildman–Crippen MR) is 97.0 cm³/mol. The number of hydrogen-bond acceptors (Lipinski definition) is 4. The molecule has 0 radical (unpaired) electrons. The van der Waals surface area contributed by atoms with E-state index >= 15 is 0 Å². The predicted octanol–water partition coefficient (Wildman–Crippen LogP) is 3.66. The highest BCUT2D eigenvalue weighted by Crippen LogP contribution is 2.36. The Morgan fingerprint density at radius 2 is 1.95 bits per heavy atom. The van der Waals surface area contributed by atoms with Crippen LogP contribution in [0.4, 0.5) is 5.82 Å². The van der Waals surface area contributed by atoms with Crippen LogP contribution in [0.3, 0.4) is 0 Å². The van der Waals surface area contributed by atoms with Crippen LogP contribution in [0.1, 0.15) is 56.5 Å². The van der Waals surface area contributed by atoms with Gasteiger partial charge >= 0.3 is 0 Å². The molecule has 4 nitrogen and oxygen atoms in total. The van der Waals surface area contributed by atoms with Crippen molar-refractivity contribution >= 4 is 28.4 Å². The van der Waals surface area contributed by atoms with Gasteiger partial charge < -0.3 is 10.2 Å². The lowest BCUT2D eigenvalue weighted by molar-refractivity contribution is 0.409. The fraction of sp³-hybridized carbons (Fsp3) is 0.750. The topological polar surface area (TPSA) is 41.1 Å². The molecule has 0 bridgehead atoms. The van der Waals surface area contributed by atoms with E-state index in [0.717, 1.165) is 37.6 Å². The van der Waals surface area contributed by atoms with Crippen LogP contribution in [-0.4, -0.2) is 42.1 Å². The van der Waals surface area contributed by atoms with Gasteiger partial charge in [-0.1, -0.05) is 19.8 Å². The summed E-state index contributed by atoms with van der Waals surface area (Å²) in [5.41, 5.74) is 1.29. The molecule has 1 fully saturated rings. The summed E-state index contributed by atoms with van der Waals surface area (Å²) >= 11 is 2.43. The summed E-state index contributed by atoms with van der Waals surface area (Å²) in [5, 5.41) is 3.48. The third kappa shape index (κ3) is 4.77. The number of halogens is 1. The summed E-state index contributed by atoms with van der Waals surface area (Å²) in [5.74, 6) is 2.67. The first kappa shape index (κ1) is 16.9. The maximum absolute atomic E-state index is 4.91. The van der Waals surface area contributed by atoms with Crippen LogP contribution in [0, 0.1) is 3.57 Å². The second kappa shape index (κ2) is 8.27. The fourth-order valence-corrected chi connectivity index (χ4v) is 3.65. The Kier molecular flexibility index (Phi) is 6.67. The molecular formula is C16H27IN4. The molecule has 1 N–H and O–H groups in total. The van der Waals surface area contributed by atoms with Gasteiger partial charge in [-0.3, -0.25) is 0 Å². The third-order valence-corrected chi connectivity index (χ3v) is 5.05. The zero-order valence-corrected chi connectivity index (χ0v) is 15.6. The van der Waals surface area contributed by atoms with Gasteiger partial charge in [0.1, 0.15) is 11.6 Å². The standard InChI is InChI=1S/C16H27IN4/c1-4-10-18-16-14(17)15(12-7-5-6-8-12)19-13(20-16)9-11-21(2)3/h12H,4-11H2,1-3H3,(H,18,19,20). The maximum Gasteiger partial charge on any atom is 0.143 e. The van der Waals surface area contributed by atoms with Gasteiger partial charge in [-0.2, -0.15) is 0 Å². The van der Waals surface area contributed by atoms with E-state index in [4.69, 9.17) is 9.97 Å². The van der Waals surface area contributed by atoms with Crippen molar-refractivity contribution in [1.82, 2.24) is 14.9 Å². The lowest BCUT2D eigenvalue weighted by Gasteiger charge is -2.17. The minimum atomic E-state index is 0.639. The lowest BCUT2D eigenvalue weighted by Crippen LogP contribution is -2.18. The smallest absolute Gasteiger partial charge is 0.143 e. The molecular weight excluding hydrogens is 375 g/mol. The summed E-state index contributed by atoms with van der Waals surface area (Å²) in [6.45, 7) is 4.16. The van der Waals surface area contributed by atoms with Gasteiger partial charge in [0.05, 0.1) is 9.26 Å². The summed E-state index contributed by atoms with van der Waals surface area (Å²) in [4.78, 5) is 11.9. The first-order valence-corrected chi connectivity index (χ1v) is 9.14. The highest BCUT2D eigenvalue weighted by Gasteiger charge is 2.23. The summed E-state index contributed by atoms with van der Waals surface area (Å²) in [7, 11) is 4.20. The molecule has 0 aliphatic heterocycles. The molecule has 21 heavy (non-hydrogen) atoms. The average Bonchev–Trinajstić information content (AvgIpc) is 2.98. The van der Waals surface area contributed by atoms with Crippen LogP contribution in [0.5, 0.6) is 0 Å². The van der Waals surface area contributed by atoms with E-state index in [1.54, 1.807) is 0 Å². The van der Waals surface area contributed by atoms with Gasteiger partial charge in [0.2, 0.25) is 0 Å². The Bertz CT molecular complexity index is 456. The molecule has 1 saturated carbocycles. The Labute approximate surface area is 142 Å². The molecule has 0 amide bonds. The summed E-state index contributed by atoms with van der Waals surface area (Å²) in [6, 6.07) is 0. The van der Waals surface area contributed by atoms with Gasteiger partial charge in [0.15, 0.2) is 0 Å². The number of anilines is 1. The molecule has 0 unspecified atom stereocenters. The van der Waals surface area contributed by atoms with Crippen molar-refractivity contribution in [3.8, 4) is 0 Å². The Morgan fingerprint density at radius 3 is 2.57 bits per heavy atom. The van der Waals surface area contributed by atoms with E-state index in [1.807, 2.05) is 0 Å². The highest BCUT2D eigenvalue weighted by atomic mass is 127. The number of hydrogen-bond donors (Lipinski definition) is 1. The van der Waals surface area contributed by atoms with Crippen molar-refractivity contribution in [3.05, 3.63) is 15.1 Å². The highest BCUT2D eigenvalue weighted by molar-refractivity contribution is 14.1. The zero-order chi connectivity index (χ0) is 15.2. The molecule has 2 rings (SSSR count). The van der Waals surface area contributed by atoms with Crippen molar-refractivity contribution in [2.75, 3.05) is 32.5 Å². The zero-order valence-electron chi connectivity index (χ0n) is 13.5. The molecule has 1 aromatic rings. The minimum absolute atomic E-state index is 0.639. The van der Waals surface area contributed by atoms with Gasteiger partial charge in [-0.25, -0.2) is 9.97 Å². The molecule has 1 aliphatic carbocycles.